The first-order chi connectivity index (χ1) is 12.8. The van der Waals surface area contributed by atoms with Crippen molar-refractivity contribution in [2.45, 2.75) is 6.18 Å². The summed E-state index contributed by atoms with van der Waals surface area (Å²) in [5.74, 6) is 0. The molecule has 5 nitrogen and oxygen atoms in total. The van der Waals surface area contributed by atoms with Crippen molar-refractivity contribution in [2.24, 2.45) is 0 Å². The third-order valence-electron chi connectivity index (χ3n) is 4.05. The monoisotopic (exact) mass is 396 g/mol. The molecule has 3 rings (SSSR count). The smallest absolute Gasteiger partial charge is 0.399 e. The third kappa shape index (κ3) is 5.24. The van der Waals surface area contributed by atoms with Gasteiger partial charge < -0.3 is 26.0 Å². The summed E-state index contributed by atoms with van der Waals surface area (Å²) in [5.41, 5.74) is 6.92. The standard InChI is InChI=1S/C18H19F3N4OS/c19-18(20,21)12-9-15(11-16(10-12)25-5-7-26-8-6-25)24-17(27)23-14-3-1-13(22)2-4-14/h1-4,9-11H,5-8,22H2,(H2,23,24,27). The molecule has 27 heavy (non-hydrogen) atoms. The van der Waals surface area contributed by atoms with Gasteiger partial charge >= 0.3 is 6.18 Å². The highest BCUT2D eigenvalue weighted by atomic mass is 32.1. The van der Waals surface area contributed by atoms with Crippen LogP contribution >= 0.6 is 12.2 Å². The second-order valence-corrected chi connectivity index (χ2v) is 6.48. The molecule has 2 aromatic rings. The van der Waals surface area contributed by atoms with E-state index in [-0.39, 0.29) is 10.8 Å². The first-order valence-electron chi connectivity index (χ1n) is 8.30. The summed E-state index contributed by atoms with van der Waals surface area (Å²) in [6.45, 7) is 2.04. The molecule has 0 saturated carbocycles. The number of nitrogens with zero attached hydrogens (tertiary/aromatic N) is 1. The number of halogens is 3. The Balaban J connectivity index is 1.80. The molecule has 1 saturated heterocycles. The van der Waals surface area contributed by atoms with Crippen molar-refractivity contribution in [2.75, 3.05) is 47.6 Å². The third-order valence-corrected chi connectivity index (χ3v) is 4.25. The summed E-state index contributed by atoms with van der Waals surface area (Å²) in [6, 6.07) is 10.7. The van der Waals surface area contributed by atoms with Gasteiger partial charge in [-0.2, -0.15) is 13.2 Å². The Hall–Kier alpha value is -2.52. The van der Waals surface area contributed by atoms with E-state index in [1.54, 1.807) is 30.3 Å². The first-order valence-corrected chi connectivity index (χ1v) is 8.70. The predicted octanol–water partition coefficient (Wildman–Crippen LogP) is 3.93. The van der Waals surface area contributed by atoms with Crippen molar-refractivity contribution in [3.8, 4) is 0 Å². The van der Waals surface area contributed by atoms with Gasteiger partial charge in [0.2, 0.25) is 0 Å². The summed E-state index contributed by atoms with van der Waals surface area (Å²) in [5, 5.41) is 5.94. The van der Waals surface area contributed by atoms with Gasteiger partial charge in [-0.15, -0.1) is 0 Å². The van der Waals surface area contributed by atoms with Gasteiger partial charge in [0, 0.05) is 35.8 Å². The van der Waals surface area contributed by atoms with E-state index in [0.717, 1.165) is 12.1 Å². The molecule has 0 radical (unpaired) electrons. The number of morpholine rings is 1. The molecule has 0 atom stereocenters. The van der Waals surface area contributed by atoms with Gasteiger partial charge in [0.15, 0.2) is 5.11 Å². The molecule has 0 aliphatic carbocycles. The Kier molecular flexibility index (Phi) is 5.71. The fourth-order valence-corrected chi connectivity index (χ4v) is 2.95. The highest BCUT2D eigenvalue weighted by Gasteiger charge is 2.32. The number of nitrogen functional groups attached to an aromatic ring is 1. The number of thiocarbonyl (C=S) groups is 1. The van der Waals surface area contributed by atoms with E-state index in [0.29, 0.717) is 43.4 Å². The van der Waals surface area contributed by atoms with E-state index < -0.39 is 11.7 Å². The van der Waals surface area contributed by atoms with Crippen LogP contribution in [0.25, 0.3) is 0 Å². The summed E-state index contributed by atoms with van der Waals surface area (Å²) >= 11 is 5.22. The van der Waals surface area contributed by atoms with E-state index in [4.69, 9.17) is 22.7 Å². The topological polar surface area (TPSA) is 62.5 Å². The Morgan fingerprint density at radius 2 is 1.63 bits per heavy atom. The second kappa shape index (κ2) is 8.01. The molecule has 1 heterocycles. The fraction of sp³-hybridized carbons (Fsp3) is 0.278. The fourth-order valence-electron chi connectivity index (χ4n) is 2.71. The minimum Gasteiger partial charge on any atom is -0.399 e. The molecule has 0 aromatic heterocycles. The van der Waals surface area contributed by atoms with Crippen LogP contribution in [0.2, 0.25) is 0 Å². The number of benzene rings is 2. The zero-order valence-corrected chi connectivity index (χ0v) is 15.2. The molecular formula is C18H19F3N4OS. The van der Waals surface area contributed by atoms with Crippen LogP contribution in [0.15, 0.2) is 42.5 Å². The summed E-state index contributed by atoms with van der Waals surface area (Å²) in [4.78, 5) is 1.86. The van der Waals surface area contributed by atoms with Crippen LogP contribution in [0.3, 0.4) is 0 Å². The van der Waals surface area contributed by atoms with Gasteiger partial charge in [0.25, 0.3) is 0 Å². The van der Waals surface area contributed by atoms with E-state index in [9.17, 15) is 13.2 Å². The normalized spacial score (nSPS) is 14.7. The van der Waals surface area contributed by atoms with Crippen molar-refractivity contribution in [3.05, 3.63) is 48.0 Å². The van der Waals surface area contributed by atoms with Crippen LogP contribution in [0.1, 0.15) is 5.56 Å². The van der Waals surface area contributed by atoms with Gasteiger partial charge in [0.1, 0.15) is 0 Å². The molecule has 0 spiro atoms. The molecular weight excluding hydrogens is 377 g/mol. The summed E-state index contributed by atoms with van der Waals surface area (Å²) < 4.78 is 45.2. The van der Waals surface area contributed by atoms with Crippen LogP contribution in [-0.4, -0.2) is 31.4 Å². The van der Waals surface area contributed by atoms with Gasteiger partial charge in [0.05, 0.1) is 18.8 Å². The lowest BCUT2D eigenvalue weighted by Crippen LogP contribution is -2.36. The number of rotatable bonds is 3. The zero-order valence-electron chi connectivity index (χ0n) is 14.3. The molecule has 1 fully saturated rings. The van der Waals surface area contributed by atoms with Crippen molar-refractivity contribution in [1.82, 2.24) is 0 Å². The van der Waals surface area contributed by atoms with Crippen molar-refractivity contribution in [1.29, 1.82) is 0 Å². The number of hydrogen-bond acceptors (Lipinski definition) is 4. The Bertz CT molecular complexity index is 805. The Morgan fingerprint density at radius 1 is 1.00 bits per heavy atom. The largest absolute Gasteiger partial charge is 0.416 e. The van der Waals surface area contributed by atoms with Crippen LogP contribution in [0.5, 0.6) is 0 Å². The minimum atomic E-state index is -4.45. The number of nitrogens with one attached hydrogen (secondary N) is 2. The maximum Gasteiger partial charge on any atom is 0.416 e. The van der Waals surface area contributed by atoms with Gasteiger partial charge in [-0.3, -0.25) is 0 Å². The molecule has 4 N–H and O–H groups in total. The molecule has 0 bridgehead atoms. The molecule has 1 aliphatic heterocycles. The van der Waals surface area contributed by atoms with Crippen LogP contribution in [-0.2, 0) is 10.9 Å². The predicted molar refractivity (Wildman–Crippen MR) is 105 cm³/mol. The number of nitrogens with two attached hydrogens (primary N) is 1. The quantitative estimate of drug-likeness (QED) is 0.540. The number of alkyl halides is 3. The highest BCUT2D eigenvalue weighted by Crippen LogP contribution is 2.34. The van der Waals surface area contributed by atoms with Crippen molar-refractivity contribution in [3.63, 3.8) is 0 Å². The summed E-state index contributed by atoms with van der Waals surface area (Å²) in [7, 11) is 0. The molecule has 1 aliphatic rings. The van der Waals surface area contributed by atoms with Gasteiger partial charge in [-0.25, -0.2) is 0 Å². The maximum atomic E-state index is 13.3. The van der Waals surface area contributed by atoms with Crippen LogP contribution < -0.4 is 21.3 Å². The molecule has 0 amide bonds. The van der Waals surface area contributed by atoms with Crippen LogP contribution in [0.4, 0.5) is 35.9 Å². The van der Waals surface area contributed by atoms with E-state index >= 15 is 0 Å². The van der Waals surface area contributed by atoms with Crippen molar-refractivity contribution >= 4 is 40.1 Å². The average molecular weight is 396 g/mol. The first kappa shape index (κ1) is 19.2. The number of ether oxygens (including phenoxy) is 1. The lowest BCUT2D eigenvalue weighted by molar-refractivity contribution is -0.137. The Labute approximate surface area is 160 Å². The molecule has 144 valence electrons. The highest BCUT2D eigenvalue weighted by molar-refractivity contribution is 7.80. The average Bonchev–Trinajstić information content (AvgIpc) is 2.63. The Morgan fingerprint density at radius 3 is 2.26 bits per heavy atom. The SMILES string of the molecule is Nc1ccc(NC(=S)Nc2cc(N3CCOCC3)cc(C(F)(F)F)c2)cc1. The lowest BCUT2D eigenvalue weighted by Gasteiger charge is -2.30. The van der Waals surface area contributed by atoms with Gasteiger partial charge in [-0.05, 0) is 54.7 Å². The molecule has 9 heteroatoms. The zero-order chi connectivity index (χ0) is 19.4. The maximum absolute atomic E-state index is 13.3. The van der Waals surface area contributed by atoms with E-state index in [1.807, 2.05) is 4.90 Å². The van der Waals surface area contributed by atoms with E-state index in [2.05, 4.69) is 10.6 Å². The van der Waals surface area contributed by atoms with Crippen LogP contribution in [0, 0.1) is 0 Å². The molecule has 2 aromatic carbocycles. The lowest BCUT2D eigenvalue weighted by atomic mass is 10.1. The van der Waals surface area contributed by atoms with Gasteiger partial charge in [-0.1, -0.05) is 0 Å². The number of anilines is 4. The van der Waals surface area contributed by atoms with Crippen molar-refractivity contribution < 1.29 is 17.9 Å². The van der Waals surface area contributed by atoms with E-state index in [1.165, 1.54) is 0 Å². The minimum absolute atomic E-state index is 0.187. The number of hydrogen-bond donors (Lipinski definition) is 3. The second-order valence-electron chi connectivity index (χ2n) is 6.07. The molecule has 0 unspecified atom stereocenters. The summed E-state index contributed by atoms with van der Waals surface area (Å²) in [6.07, 6.45) is -4.45.